The predicted molar refractivity (Wildman–Crippen MR) is 88.0 cm³/mol. The summed E-state index contributed by atoms with van der Waals surface area (Å²) in [6.45, 7) is 2.27. The average Bonchev–Trinajstić information content (AvgIpc) is 2.80. The topological polar surface area (TPSA) is 20.7 Å². The van der Waals surface area contributed by atoms with Crippen LogP contribution in [0.15, 0.2) is 18.2 Å². The molecule has 1 saturated carbocycles. The van der Waals surface area contributed by atoms with Crippen molar-refractivity contribution in [1.29, 1.82) is 0 Å². The molecule has 0 saturated heterocycles. The van der Waals surface area contributed by atoms with Gasteiger partial charge in [-0.3, -0.25) is 0 Å². The Kier molecular flexibility index (Phi) is 4.18. The molecular formula is C16H21ClN2S. The SMILES string of the molecule is CCC(C1CCCCC1)n1c(=S)[nH]c2c(Cl)cccc21. The lowest BCUT2D eigenvalue weighted by atomic mass is 9.83. The maximum Gasteiger partial charge on any atom is 0.178 e. The van der Waals surface area contributed by atoms with Gasteiger partial charge in [-0.1, -0.05) is 43.9 Å². The number of imidazole rings is 1. The average molecular weight is 309 g/mol. The van der Waals surface area contributed by atoms with Crippen LogP contribution in [-0.4, -0.2) is 9.55 Å². The number of hydrogen-bond acceptors (Lipinski definition) is 1. The van der Waals surface area contributed by atoms with Crippen LogP contribution in [0.4, 0.5) is 0 Å². The number of H-pyrrole nitrogens is 1. The molecule has 2 aromatic rings. The van der Waals surface area contributed by atoms with Crippen LogP contribution < -0.4 is 0 Å². The Bertz CT molecular complexity index is 652. The minimum Gasteiger partial charge on any atom is -0.329 e. The van der Waals surface area contributed by atoms with Crippen LogP contribution in [0.1, 0.15) is 51.5 Å². The van der Waals surface area contributed by atoms with E-state index in [1.165, 1.54) is 32.1 Å². The van der Waals surface area contributed by atoms with Gasteiger partial charge in [0.15, 0.2) is 4.77 Å². The Hall–Kier alpha value is -0.800. The molecule has 1 unspecified atom stereocenters. The number of aromatic amines is 1. The first kappa shape index (κ1) is 14.2. The fourth-order valence-electron chi connectivity index (χ4n) is 3.69. The molecule has 1 aliphatic rings. The van der Waals surface area contributed by atoms with Crippen LogP contribution >= 0.6 is 23.8 Å². The molecule has 108 valence electrons. The smallest absolute Gasteiger partial charge is 0.178 e. The van der Waals surface area contributed by atoms with Gasteiger partial charge in [0.1, 0.15) is 0 Å². The number of aromatic nitrogens is 2. The summed E-state index contributed by atoms with van der Waals surface area (Å²) in [7, 11) is 0. The van der Waals surface area contributed by atoms with Gasteiger partial charge >= 0.3 is 0 Å². The first-order chi connectivity index (χ1) is 9.72. The van der Waals surface area contributed by atoms with E-state index < -0.39 is 0 Å². The van der Waals surface area contributed by atoms with E-state index in [2.05, 4.69) is 22.5 Å². The van der Waals surface area contributed by atoms with E-state index in [0.29, 0.717) is 6.04 Å². The zero-order valence-corrected chi connectivity index (χ0v) is 13.4. The van der Waals surface area contributed by atoms with Crippen molar-refractivity contribution in [2.45, 2.75) is 51.5 Å². The van der Waals surface area contributed by atoms with Crippen molar-refractivity contribution < 1.29 is 0 Å². The van der Waals surface area contributed by atoms with Crippen LogP contribution in [0.2, 0.25) is 5.02 Å². The molecule has 1 fully saturated rings. The van der Waals surface area contributed by atoms with Crippen molar-refractivity contribution in [3.05, 3.63) is 28.0 Å². The summed E-state index contributed by atoms with van der Waals surface area (Å²) in [5, 5.41) is 0.755. The lowest BCUT2D eigenvalue weighted by Crippen LogP contribution is -2.21. The molecule has 2 nitrogen and oxygen atoms in total. The van der Waals surface area contributed by atoms with Gasteiger partial charge in [-0.15, -0.1) is 0 Å². The zero-order valence-electron chi connectivity index (χ0n) is 11.9. The van der Waals surface area contributed by atoms with E-state index in [-0.39, 0.29) is 0 Å². The van der Waals surface area contributed by atoms with Crippen LogP contribution in [0.5, 0.6) is 0 Å². The van der Waals surface area contributed by atoms with Gasteiger partial charge in [0.05, 0.1) is 16.1 Å². The summed E-state index contributed by atoms with van der Waals surface area (Å²) in [6, 6.07) is 6.55. The highest BCUT2D eigenvalue weighted by molar-refractivity contribution is 7.71. The third-order valence-electron chi connectivity index (χ3n) is 4.65. The van der Waals surface area contributed by atoms with E-state index in [1.54, 1.807) is 0 Å². The molecule has 0 bridgehead atoms. The number of halogens is 1. The lowest BCUT2D eigenvalue weighted by Gasteiger charge is -2.31. The standard InChI is InChI=1S/C16H21ClN2S/c1-2-13(11-7-4-3-5-8-11)19-14-10-6-9-12(17)15(14)18-16(19)20/h6,9-11,13H,2-5,7-8H2,1H3,(H,18,20). The molecule has 1 aliphatic carbocycles. The molecule has 20 heavy (non-hydrogen) atoms. The van der Waals surface area contributed by atoms with Crippen LogP contribution in [-0.2, 0) is 0 Å². The second-order valence-electron chi connectivity index (χ2n) is 5.81. The Morgan fingerprint density at radius 1 is 1.35 bits per heavy atom. The Morgan fingerprint density at radius 2 is 2.10 bits per heavy atom. The third-order valence-corrected chi connectivity index (χ3v) is 5.26. The molecule has 4 heteroatoms. The number of nitrogens with zero attached hydrogens (tertiary/aromatic N) is 1. The van der Waals surface area contributed by atoms with Crippen molar-refractivity contribution in [2.75, 3.05) is 0 Å². The fourth-order valence-corrected chi connectivity index (χ4v) is 4.24. The van der Waals surface area contributed by atoms with Crippen molar-refractivity contribution in [3.8, 4) is 0 Å². The third kappa shape index (κ3) is 2.42. The highest BCUT2D eigenvalue weighted by Crippen LogP contribution is 2.37. The maximum atomic E-state index is 6.29. The second-order valence-corrected chi connectivity index (χ2v) is 6.60. The number of nitrogens with one attached hydrogen (secondary N) is 1. The molecule has 0 radical (unpaired) electrons. The largest absolute Gasteiger partial charge is 0.329 e. The summed E-state index contributed by atoms with van der Waals surface area (Å²) in [5.74, 6) is 0.749. The number of hydrogen-bond donors (Lipinski definition) is 1. The van der Waals surface area contributed by atoms with Crippen molar-refractivity contribution in [2.24, 2.45) is 5.92 Å². The molecule has 3 rings (SSSR count). The first-order valence-corrected chi connectivity index (χ1v) is 8.39. The first-order valence-electron chi connectivity index (χ1n) is 7.61. The summed E-state index contributed by atoms with van der Waals surface area (Å²) in [5.41, 5.74) is 2.13. The van der Waals surface area contributed by atoms with Crippen molar-refractivity contribution in [3.63, 3.8) is 0 Å². The molecule has 1 N–H and O–H groups in total. The Balaban J connectivity index is 2.09. The molecule has 0 amide bonds. The monoisotopic (exact) mass is 308 g/mol. The second kappa shape index (κ2) is 5.90. The molecule has 1 aromatic carbocycles. The summed E-state index contributed by atoms with van der Waals surface area (Å²) in [4.78, 5) is 3.30. The number of fused-ring (bicyclic) bond motifs is 1. The van der Waals surface area contributed by atoms with Gasteiger partial charge in [-0.2, -0.15) is 0 Å². The van der Waals surface area contributed by atoms with Crippen LogP contribution in [0.25, 0.3) is 11.0 Å². The molecular weight excluding hydrogens is 288 g/mol. The molecule has 1 atom stereocenters. The Labute approximate surface area is 130 Å². The zero-order chi connectivity index (χ0) is 14.1. The molecule has 1 heterocycles. The summed E-state index contributed by atoms with van der Waals surface area (Å²) in [6.07, 6.45) is 7.88. The van der Waals surface area contributed by atoms with Crippen LogP contribution in [0.3, 0.4) is 0 Å². The van der Waals surface area contributed by atoms with E-state index in [0.717, 1.165) is 33.2 Å². The highest BCUT2D eigenvalue weighted by atomic mass is 35.5. The lowest BCUT2D eigenvalue weighted by molar-refractivity contribution is 0.245. The Morgan fingerprint density at radius 3 is 2.80 bits per heavy atom. The molecule has 0 aliphatic heterocycles. The predicted octanol–water partition coefficient (Wildman–Crippen LogP) is 5.88. The van der Waals surface area contributed by atoms with Gasteiger partial charge in [-0.25, -0.2) is 0 Å². The van der Waals surface area contributed by atoms with Crippen LogP contribution in [0, 0.1) is 10.7 Å². The number of rotatable bonds is 3. The van der Waals surface area contributed by atoms with Gasteiger partial charge in [0.2, 0.25) is 0 Å². The minimum absolute atomic E-state index is 0.495. The van der Waals surface area contributed by atoms with Crippen molar-refractivity contribution in [1.82, 2.24) is 9.55 Å². The van der Waals surface area contributed by atoms with Gasteiger partial charge in [0.25, 0.3) is 0 Å². The minimum atomic E-state index is 0.495. The fraction of sp³-hybridized carbons (Fsp3) is 0.562. The van der Waals surface area contributed by atoms with Gasteiger partial charge in [-0.05, 0) is 49.5 Å². The molecule has 0 spiro atoms. The quantitative estimate of drug-likeness (QED) is 0.702. The normalized spacial score (nSPS) is 18.5. The van der Waals surface area contributed by atoms with Gasteiger partial charge < -0.3 is 9.55 Å². The number of para-hydroxylation sites is 1. The summed E-state index contributed by atoms with van der Waals surface area (Å²) >= 11 is 11.9. The van der Waals surface area contributed by atoms with E-state index >= 15 is 0 Å². The molecule has 1 aromatic heterocycles. The maximum absolute atomic E-state index is 6.29. The van der Waals surface area contributed by atoms with E-state index in [4.69, 9.17) is 23.8 Å². The number of benzene rings is 1. The van der Waals surface area contributed by atoms with E-state index in [9.17, 15) is 0 Å². The van der Waals surface area contributed by atoms with Gasteiger partial charge in [0, 0.05) is 6.04 Å². The summed E-state index contributed by atoms with van der Waals surface area (Å²) < 4.78 is 3.12. The highest BCUT2D eigenvalue weighted by Gasteiger charge is 2.25. The van der Waals surface area contributed by atoms with Crippen molar-refractivity contribution >= 4 is 34.9 Å². The van der Waals surface area contributed by atoms with E-state index in [1.807, 2.05) is 12.1 Å².